The second-order valence-electron chi connectivity index (χ2n) is 11.2. The van der Waals surface area contributed by atoms with Crippen molar-refractivity contribution < 1.29 is 0 Å². The molecule has 0 amide bonds. The molecule has 5 atom stereocenters. The number of hydrogen-bond donors (Lipinski definition) is 1. The molecule has 4 heteroatoms. The molecule has 0 spiro atoms. The average molecular weight is 511 g/mol. The summed E-state index contributed by atoms with van der Waals surface area (Å²) in [6, 6.07) is 19.8. The number of benzene rings is 2. The van der Waals surface area contributed by atoms with Crippen LogP contribution in [0.1, 0.15) is 42.9 Å². The standard InChI is InChI=1S/C35H34N4/c1-24-19-20-26(33-32(25-12-4-3-5-13-25)36-29-16-8-9-17-30(29)37-33)21-23-39-31-18-10-11-22-35(31,2)38-34(39)28-15-7-6-14-27(24)28/h3-16,18-22,24,30-31,33,37H,17,23H2,1-2H3/b20-19-,26-21+/t24?,30?,31?,33?,35-/m1/s1. The molecular weight excluding hydrogens is 476 g/mol. The molecule has 2 aromatic carbocycles. The fraction of sp³-hybridized carbons (Fsp3) is 0.257. The highest BCUT2D eigenvalue weighted by molar-refractivity contribution is 6.08. The Morgan fingerprint density at radius 2 is 1.82 bits per heavy atom. The molecule has 3 heterocycles. The number of rotatable bonds is 2. The number of nitrogens with zero attached hydrogens (tertiary/aromatic N) is 3. The molecule has 39 heavy (non-hydrogen) atoms. The number of hydrogen-bond acceptors (Lipinski definition) is 4. The summed E-state index contributed by atoms with van der Waals surface area (Å²) < 4.78 is 0. The third-order valence-electron chi connectivity index (χ3n) is 8.61. The number of nitrogens with one attached hydrogen (secondary N) is 1. The maximum absolute atomic E-state index is 5.36. The minimum atomic E-state index is -0.274. The number of fused-ring (bicyclic) bond motifs is 6. The molecule has 4 nitrogen and oxygen atoms in total. The molecule has 194 valence electrons. The minimum absolute atomic E-state index is 0.00432. The molecule has 0 saturated carbocycles. The van der Waals surface area contributed by atoms with Crippen LogP contribution in [0.2, 0.25) is 0 Å². The van der Waals surface area contributed by atoms with Gasteiger partial charge in [0.15, 0.2) is 0 Å². The fourth-order valence-corrected chi connectivity index (χ4v) is 6.48. The molecule has 4 unspecified atom stereocenters. The Morgan fingerprint density at radius 1 is 0.974 bits per heavy atom. The first-order valence-electron chi connectivity index (χ1n) is 14.1. The van der Waals surface area contributed by atoms with E-state index >= 15 is 0 Å². The number of amidine groups is 1. The monoisotopic (exact) mass is 510 g/mol. The Morgan fingerprint density at radius 3 is 2.72 bits per heavy atom. The summed E-state index contributed by atoms with van der Waals surface area (Å²) in [6.45, 7) is 5.31. The van der Waals surface area contributed by atoms with Crippen molar-refractivity contribution in [2.45, 2.75) is 49.9 Å². The average Bonchev–Trinajstić information content (AvgIpc) is 3.28. The van der Waals surface area contributed by atoms with Crippen LogP contribution in [0.4, 0.5) is 0 Å². The van der Waals surface area contributed by atoms with E-state index in [1.54, 1.807) is 0 Å². The molecule has 0 fully saturated rings. The van der Waals surface area contributed by atoms with Crippen molar-refractivity contribution in [3.63, 3.8) is 0 Å². The molecule has 7 rings (SSSR count). The summed E-state index contributed by atoms with van der Waals surface area (Å²) in [6.07, 6.45) is 23.4. The van der Waals surface area contributed by atoms with Gasteiger partial charge in [-0.15, -0.1) is 0 Å². The first kappa shape index (κ1) is 24.1. The Hall–Kier alpha value is -4.02. The quantitative estimate of drug-likeness (QED) is 0.517. The molecule has 2 aliphatic carbocycles. The first-order chi connectivity index (χ1) is 19.1. The molecule has 2 aromatic rings. The van der Waals surface area contributed by atoms with Gasteiger partial charge >= 0.3 is 0 Å². The highest BCUT2D eigenvalue weighted by Crippen LogP contribution is 2.37. The van der Waals surface area contributed by atoms with Gasteiger partial charge in [0, 0.05) is 18.0 Å². The van der Waals surface area contributed by atoms with Gasteiger partial charge in [-0.25, -0.2) is 0 Å². The van der Waals surface area contributed by atoms with Crippen LogP contribution >= 0.6 is 0 Å². The largest absolute Gasteiger partial charge is 0.343 e. The zero-order chi connectivity index (χ0) is 26.4. The van der Waals surface area contributed by atoms with E-state index in [0.29, 0.717) is 0 Å². The lowest BCUT2D eigenvalue weighted by atomic mass is 9.87. The Labute approximate surface area is 231 Å². The summed E-state index contributed by atoms with van der Waals surface area (Å²) in [4.78, 5) is 13.1. The van der Waals surface area contributed by atoms with Gasteiger partial charge in [0.1, 0.15) is 11.4 Å². The van der Waals surface area contributed by atoms with Crippen molar-refractivity contribution in [3.8, 4) is 0 Å². The maximum atomic E-state index is 5.36. The lowest BCUT2D eigenvalue weighted by molar-refractivity contribution is 0.344. The SMILES string of the molecule is CC1/C=C\C(C2NC3CC=CC=C3N=C2c2ccccc2)=C/CN2C(=N[C@]3(C)C=CC=CC23)c2ccccc21. The van der Waals surface area contributed by atoms with Crippen molar-refractivity contribution >= 4 is 11.5 Å². The normalized spacial score (nSPS) is 32.9. The molecule has 0 bridgehead atoms. The van der Waals surface area contributed by atoms with Crippen LogP contribution in [0.5, 0.6) is 0 Å². The van der Waals surface area contributed by atoms with Gasteiger partial charge in [-0.3, -0.25) is 15.3 Å². The van der Waals surface area contributed by atoms with Gasteiger partial charge in [0.05, 0.1) is 29.5 Å². The van der Waals surface area contributed by atoms with Gasteiger partial charge in [-0.2, -0.15) is 0 Å². The minimum Gasteiger partial charge on any atom is -0.343 e. The Bertz CT molecular complexity index is 1530. The molecule has 0 aromatic heterocycles. The van der Waals surface area contributed by atoms with E-state index in [9.17, 15) is 0 Å². The molecule has 0 radical (unpaired) electrons. The number of allylic oxidation sites excluding steroid dienone is 5. The van der Waals surface area contributed by atoms with Gasteiger partial charge in [-0.05, 0) is 36.1 Å². The summed E-state index contributed by atoms with van der Waals surface area (Å²) >= 11 is 0. The predicted molar refractivity (Wildman–Crippen MR) is 161 cm³/mol. The van der Waals surface area contributed by atoms with Crippen molar-refractivity contribution in [3.05, 3.63) is 143 Å². The van der Waals surface area contributed by atoms with E-state index in [1.165, 1.54) is 16.7 Å². The van der Waals surface area contributed by atoms with Crippen LogP contribution in [-0.4, -0.2) is 46.7 Å². The van der Waals surface area contributed by atoms with Crippen molar-refractivity contribution in [2.24, 2.45) is 9.98 Å². The van der Waals surface area contributed by atoms with Crippen molar-refractivity contribution in [2.75, 3.05) is 6.54 Å². The van der Waals surface area contributed by atoms with Gasteiger partial charge in [-0.1, -0.05) is 116 Å². The highest BCUT2D eigenvalue weighted by Gasteiger charge is 2.44. The van der Waals surface area contributed by atoms with Gasteiger partial charge in [0.25, 0.3) is 0 Å². The molecule has 1 N–H and O–H groups in total. The Kier molecular flexibility index (Phi) is 5.93. The summed E-state index contributed by atoms with van der Waals surface area (Å²) in [5.41, 5.74) is 6.87. The molecule has 0 saturated heterocycles. The molecule has 5 aliphatic rings. The van der Waals surface area contributed by atoms with Gasteiger partial charge in [0.2, 0.25) is 0 Å². The van der Waals surface area contributed by atoms with E-state index in [-0.39, 0.29) is 29.6 Å². The van der Waals surface area contributed by atoms with Crippen molar-refractivity contribution in [1.82, 2.24) is 10.2 Å². The molecule has 3 aliphatic heterocycles. The zero-order valence-electron chi connectivity index (χ0n) is 22.5. The second kappa shape index (κ2) is 9.62. The molecular formula is C35H34N4. The van der Waals surface area contributed by atoms with E-state index in [1.807, 2.05) is 0 Å². The van der Waals surface area contributed by atoms with Crippen LogP contribution in [0, 0.1) is 0 Å². The third-order valence-corrected chi connectivity index (χ3v) is 8.61. The summed E-state index contributed by atoms with van der Waals surface area (Å²) in [5.74, 6) is 1.32. The summed E-state index contributed by atoms with van der Waals surface area (Å²) in [7, 11) is 0. The first-order valence-corrected chi connectivity index (χ1v) is 14.1. The topological polar surface area (TPSA) is 40.0 Å². The fourth-order valence-electron chi connectivity index (χ4n) is 6.48. The highest BCUT2D eigenvalue weighted by atomic mass is 15.3. The van der Waals surface area contributed by atoms with Crippen LogP contribution in [0.15, 0.2) is 137 Å². The van der Waals surface area contributed by atoms with E-state index in [4.69, 9.17) is 9.98 Å². The second-order valence-corrected chi connectivity index (χ2v) is 11.2. The Balaban J connectivity index is 1.36. The third kappa shape index (κ3) is 4.20. The predicted octanol–water partition coefficient (Wildman–Crippen LogP) is 6.28. The zero-order valence-corrected chi connectivity index (χ0v) is 22.5. The lowest BCUT2D eigenvalue weighted by Gasteiger charge is -2.36. The maximum Gasteiger partial charge on any atom is 0.133 e. The lowest BCUT2D eigenvalue weighted by Crippen LogP contribution is -2.49. The summed E-state index contributed by atoms with van der Waals surface area (Å²) in [5, 5.41) is 3.97. The van der Waals surface area contributed by atoms with Gasteiger partial charge < -0.3 is 4.90 Å². The smallest absolute Gasteiger partial charge is 0.133 e. The van der Waals surface area contributed by atoms with E-state index in [0.717, 1.165) is 35.8 Å². The number of aliphatic imine (C=N–C) groups is 2. The van der Waals surface area contributed by atoms with Crippen LogP contribution in [0.3, 0.4) is 0 Å². The van der Waals surface area contributed by atoms with E-state index in [2.05, 4.69) is 139 Å². The van der Waals surface area contributed by atoms with E-state index < -0.39 is 0 Å². The van der Waals surface area contributed by atoms with Crippen LogP contribution in [0.25, 0.3) is 0 Å². The van der Waals surface area contributed by atoms with Crippen LogP contribution in [-0.2, 0) is 0 Å². The van der Waals surface area contributed by atoms with Crippen LogP contribution < -0.4 is 5.32 Å². The van der Waals surface area contributed by atoms with Crippen molar-refractivity contribution in [1.29, 1.82) is 0 Å².